The zero-order chi connectivity index (χ0) is 13.5. The van der Waals surface area contributed by atoms with Gasteiger partial charge < -0.3 is 15.0 Å². The molecule has 0 saturated carbocycles. The summed E-state index contributed by atoms with van der Waals surface area (Å²) in [4.78, 5) is 3.75. The molecule has 2 rings (SSSR count). The summed E-state index contributed by atoms with van der Waals surface area (Å²) in [5, 5.41) is 3.69. The number of rotatable bonds is 7. The summed E-state index contributed by atoms with van der Waals surface area (Å²) in [5.41, 5.74) is 1.47. The Morgan fingerprint density at radius 2 is 2.21 bits per heavy atom. The number of ether oxygens (including phenoxy) is 1. The zero-order valence-corrected chi connectivity index (χ0v) is 12.7. The summed E-state index contributed by atoms with van der Waals surface area (Å²) in [6, 6.07) is 9.29. The summed E-state index contributed by atoms with van der Waals surface area (Å²) in [5.74, 6) is 1.22. The predicted octanol–water partition coefficient (Wildman–Crippen LogP) is 2.39. The fraction of sp³-hybridized carbons (Fsp3) is 0.600. The Bertz CT molecular complexity index is 386. The minimum absolute atomic E-state index is 0.522. The van der Waals surface area contributed by atoms with Crippen LogP contribution in [0.2, 0.25) is 0 Å². The van der Waals surface area contributed by atoms with Gasteiger partial charge >= 0.3 is 0 Å². The first-order valence-corrected chi connectivity index (χ1v) is 7.92. The highest BCUT2D eigenvalue weighted by Crippen LogP contribution is 2.35. The van der Waals surface area contributed by atoms with E-state index in [1.165, 1.54) is 22.6 Å². The Hall–Kier alpha value is -0.550. The van der Waals surface area contributed by atoms with E-state index >= 15 is 0 Å². The number of hydrogen-bond acceptors (Lipinski definition) is 4. The molecule has 0 aromatic heterocycles. The third kappa shape index (κ3) is 4.49. The molecule has 0 saturated heterocycles. The van der Waals surface area contributed by atoms with Crippen molar-refractivity contribution in [2.24, 2.45) is 0 Å². The van der Waals surface area contributed by atoms with Crippen molar-refractivity contribution in [1.82, 2.24) is 10.2 Å². The van der Waals surface area contributed by atoms with Gasteiger partial charge in [0, 0.05) is 37.7 Å². The van der Waals surface area contributed by atoms with Crippen molar-refractivity contribution >= 4 is 11.8 Å². The van der Waals surface area contributed by atoms with E-state index in [0.29, 0.717) is 6.04 Å². The molecule has 4 heteroatoms. The van der Waals surface area contributed by atoms with Crippen LogP contribution in [0, 0.1) is 0 Å². The maximum absolute atomic E-state index is 5.09. The smallest absolute Gasteiger partial charge is 0.0589 e. The molecule has 1 aliphatic heterocycles. The Morgan fingerprint density at radius 1 is 1.37 bits per heavy atom. The van der Waals surface area contributed by atoms with E-state index in [2.05, 4.69) is 41.5 Å². The lowest BCUT2D eigenvalue weighted by molar-refractivity contribution is 0.161. The molecule has 0 radical (unpaired) electrons. The number of hydrogen-bond donors (Lipinski definition) is 1. The monoisotopic (exact) mass is 280 g/mol. The minimum Gasteiger partial charge on any atom is -0.383 e. The van der Waals surface area contributed by atoms with Gasteiger partial charge in [0.2, 0.25) is 0 Å². The van der Waals surface area contributed by atoms with Crippen LogP contribution in [-0.2, 0) is 4.74 Å². The standard InChI is InChI=1S/C15H24N2OS/c1-17(10-11-18-2)9-8-16-14-7-12-19-15-6-4-3-5-13(14)15/h3-6,14,16H,7-12H2,1-2H3. The van der Waals surface area contributed by atoms with E-state index in [0.717, 1.165) is 26.2 Å². The number of thioether (sulfide) groups is 1. The average Bonchev–Trinajstić information content (AvgIpc) is 2.45. The Balaban J connectivity index is 1.78. The van der Waals surface area contributed by atoms with Gasteiger partial charge in [-0.3, -0.25) is 0 Å². The molecule has 106 valence electrons. The van der Waals surface area contributed by atoms with Crippen LogP contribution in [0.4, 0.5) is 0 Å². The lowest BCUT2D eigenvalue weighted by atomic mass is 10.0. The fourth-order valence-corrected chi connectivity index (χ4v) is 3.47. The van der Waals surface area contributed by atoms with E-state index < -0.39 is 0 Å². The molecule has 0 aliphatic carbocycles. The molecule has 1 N–H and O–H groups in total. The topological polar surface area (TPSA) is 24.5 Å². The van der Waals surface area contributed by atoms with Crippen molar-refractivity contribution in [3.63, 3.8) is 0 Å². The molecule has 0 fully saturated rings. The average molecular weight is 280 g/mol. The lowest BCUT2D eigenvalue weighted by Gasteiger charge is -2.27. The van der Waals surface area contributed by atoms with Gasteiger partial charge in [-0.1, -0.05) is 18.2 Å². The van der Waals surface area contributed by atoms with E-state index in [9.17, 15) is 0 Å². The van der Waals surface area contributed by atoms with Crippen LogP contribution in [0.15, 0.2) is 29.2 Å². The first-order valence-electron chi connectivity index (χ1n) is 6.94. The predicted molar refractivity (Wildman–Crippen MR) is 81.9 cm³/mol. The summed E-state index contributed by atoms with van der Waals surface area (Å²) in [6.07, 6.45) is 1.23. The van der Waals surface area contributed by atoms with Crippen LogP contribution in [-0.4, -0.2) is 51.1 Å². The summed E-state index contributed by atoms with van der Waals surface area (Å²) in [6.45, 7) is 3.90. The summed E-state index contributed by atoms with van der Waals surface area (Å²) >= 11 is 1.98. The van der Waals surface area contributed by atoms with E-state index in [4.69, 9.17) is 4.74 Å². The van der Waals surface area contributed by atoms with Crippen molar-refractivity contribution in [2.75, 3.05) is 46.2 Å². The van der Waals surface area contributed by atoms with Gasteiger partial charge in [0.15, 0.2) is 0 Å². The molecule has 0 bridgehead atoms. The number of nitrogens with one attached hydrogen (secondary N) is 1. The van der Waals surface area contributed by atoms with Crippen LogP contribution in [0.1, 0.15) is 18.0 Å². The molecule has 1 atom stereocenters. The Labute approximate surface area is 120 Å². The second kappa shape index (κ2) is 7.90. The van der Waals surface area contributed by atoms with Gasteiger partial charge in [0.25, 0.3) is 0 Å². The molecule has 0 spiro atoms. The SMILES string of the molecule is COCCN(C)CCNC1CCSc2ccccc21. The van der Waals surface area contributed by atoms with Crippen molar-refractivity contribution in [3.05, 3.63) is 29.8 Å². The maximum atomic E-state index is 5.09. The number of methoxy groups -OCH3 is 1. The van der Waals surface area contributed by atoms with Crippen LogP contribution in [0.5, 0.6) is 0 Å². The highest BCUT2D eigenvalue weighted by molar-refractivity contribution is 7.99. The van der Waals surface area contributed by atoms with E-state index in [1.807, 2.05) is 11.8 Å². The summed E-state index contributed by atoms with van der Waals surface area (Å²) in [7, 11) is 3.90. The Kier molecular flexibility index (Phi) is 6.17. The van der Waals surface area contributed by atoms with Gasteiger partial charge in [-0.05, 0) is 30.9 Å². The van der Waals surface area contributed by atoms with Crippen molar-refractivity contribution in [1.29, 1.82) is 0 Å². The van der Waals surface area contributed by atoms with Crippen molar-refractivity contribution < 1.29 is 4.74 Å². The maximum Gasteiger partial charge on any atom is 0.0589 e. The number of likely N-dealkylation sites (N-methyl/N-ethyl adjacent to an activating group) is 1. The number of fused-ring (bicyclic) bond motifs is 1. The van der Waals surface area contributed by atoms with E-state index in [-0.39, 0.29) is 0 Å². The van der Waals surface area contributed by atoms with Gasteiger partial charge in [0.1, 0.15) is 0 Å². The molecule has 1 aromatic carbocycles. The van der Waals surface area contributed by atoms with Crippen LogP contribution in [0.3, 0.4) is 0 Å². The number of nitrogens with zero attached hydrogens (tertiary/aromatic N) is 1. The number of benzene rings is 1. The van der Waals surface area contributed by atoms with Crippen LogP contribution in [0.25, 0.3) is 0 Å². The molecular formula is C15H24N2OS. The van der Waals surface area contributed by atoms with Crippen LogP contribution >= 0.6 is 11.8 Å². The molecule has 0 amide bonds. The second-order valence-corrected chi connectivity index (χ2v) is 6.11. The van der Waals surface area contributed by atoms with Crippen molar-refractivity contribution in [2.45, 2.75) is 17.4 Å². The van der Waals surface area contributed by atoms with Crippen LogP contribution < -0.4 is 5.32 Å². The fourth-order valence-electron chi connectivity index (χ4n) is 2.34. The lowest BCUT2D eigenvalue weighted by Crippen LogP contribution is -2.34. The molecule has 1 heterocycles. The third-order valence-electron chi connectivity index (χ3n) is 3.52. The van der Waals surface area contributed by atoms with Gasteiger partial charge in [-0.15, -0.1) is 11.8 Å². The molecule has 19 heavy (non-hydrogen) atoms. The zero-order valence-electron chi connectivity index (χ0n) is 11.9. The molecule has 3 nitrogen and oxygen atoms in total. The van der Waals surface area contributed by atoms with E-state index in [1.54, 1.807) is 7.11 Å². The molecule has 1 unspecified atom stereocenters. The highest BCUT2D eigenvalue weighted by Gasteiger charge is 2.19. The van der Waals surface area contributed by atoms with Gasteiger partial charge in [-0.25, -0.2) is 0 Å². The highest BCUT2D eigenvalue weighted by atomic mass is 32.2. The second-order valence-electron chi connectivity index (χ2n) is 4.98. The van der Waals surface area contributed by atoms with Gasteiger partial charge in [-0.2, -0.15) is 0 Å². The first-order chi connectivity index (χ1) is 9.31. The first kappa shape index (κ1) is 14.9. The summed E-state index contributed by atoms with van der Waals surface area (Å²) < 4.78 is 5.09. The largest absolute Gasteiger partial charge is 0.383 e. The third-order valence-corrected chi connectivity index (χ3v) is 4.64. The molecule has 1 aliphatic rings. The van der Waals surface area contributed by atoms with Crippen molar-refractivity contribution in [3.8, 4) is 0 Å². The minimum atomic E-state index is 0.522. The quantitative estimate of drug-likeness (QED) is 0.829. The molecular weight excluding hydrogens is 256 g/mol. The van der Waals surface area contributed by atoms with Gasteiger partial charge in [0.05, 0.1) is 6.61 Å². The molecule has 1 aromatic rings. The normalized spacial score (nSPS) is 18.6. The Morgan fingerprint density at radius 3 is 3.05 bits per heavy atom.